The second-order valence-electron chi connectivity index (χ2n) is 5.05. The molecule has 17 heavy (non-hydrogen) atoms. The summed E-state index contributed by atoms with van der Waals surface area (Å²) in [6.45, 7) is 8.99. The molecule has 0 heterocycles. The smallest absolute Gasteiger partial charge is 0.00173 e. The molecule has 1 unspecified atom stereocenters. The fraction of sp³-hybridized carbons (Fsp3) is 0.625. The Hall–Kier alpha value is -0.820. The lowest BCUT2D eigenvalue weighted by molar-refractivity contribution is 0.439. The van der Waals surface area contributed by atoms with Crippen molar-refractivity contribution in [2.45, 2.75) is 46.5 Å². The topological polar surface area (TPSA) is 12.0 Å². The van der Waals surface area contributed by atoms with Gasteiger partial charge in [-0.15, -0.1) is 0 Å². The van der Waals surface area contributed by atoms with Gasteiger partial charge in [0.1, 0.15) is 0 Å². The molecule has 0 bridgehead atoms. The van der Waals surface area contributed by atoms with Gasteiger partial charge in [-0.2, -0.15) is 0 Å². The minimum Gasteiger partial charge on any atom is -0.316 e. The van der Waals surface area contributed by atoms with Crippen molar-refractivity contribution in [1.29, 1.82) is 0 Å². The molecule has 1 aromatic carbocycles. The minimum absolute atomic E-state index is 0.786. The number of hydrogen-bond donors (Lipinski definition) is 1. The molecule has 96 valence electrons. The van der Waals surface area contributed by atoms with Gasteiger partial charge in [-0.25, -0.2) is 0 Å². The van der Waals surface area contributed by atoms with Gasteiger partial charge in [-0.1, -0.05) is 50.1 Å². The van der Waals surface area contributed by atoms with Crippen molar-refractivity contribution in [2.75, 3.05) is 13.1 Å². The van der Waals surface area contributed by atoms with Gasteiger partial charge in [0, 0.05) is 0 Å². The minimum atomic E-state index is 0.786. The highest BCUT2D eigenvalue weighted by molar-refractivity contribution is 5.22. The number of hydrogen-bond acceptors (Lipinski definition) is 1. The molecule has 1 atom stereocenters. The van der Waals surface area contributed by atoms with Gasteiger partial charge in [0.25, 0.3) is 0 Å². The highest BCUT2D eigenvalue weighted by Gasteiger charge is 2.08. The fourth-order valence-corrected chi connectivity index (χ4v) is 2.34. The Kier molecular flexibility index (Phi) is 6.95. The summed E-state index contributed by atoms with van der Waals surface area (Å²) in [6.07, 6.45) is 5.05. The number of aryl methyl sites for hydroxylation is 1. The average molecular weight is 233 g/mol. The molecule has 0 aromatic heterocycles. The number of rotatable bonds is 8. The third-order valence-corrected chi connectivity index (χ3v) is 3.16. The summed E-state index contributed by atoms with van der Waals surface area (Å²) < 4.78 is 0. The highest BCUT2D eigenvalue weighted by atomic mass is 14.8. The van der Waals surface area contributed by atoms with Crippen LogP contribution in [0.2, 0.25) is 0 Å². The zero-order chi connectivity index (χ0) is 12.5. The predicted molar refractivity (Wildman–Crippen MR) is 76.4 cm³/mol. The Balaban J connectivity index is 2.47. The molecule has 0 amide bonds. The van der Waals surface area contributed by atoms with E-state index in [1.807, 2.05) is 0 Å². The van der Waals surface area contributed by atoms with Crippen LogP contribution >= 0.6 is 0 Å². The molecule has 0 saturated carbocycles. The Bertz CT molecular complexity index is 306. The molecule has 0 spiro atoms. The summed E-state index contributed by atoms with van der Waals surface area (Å²) in [5.74, 6) is 0.786. The first-order valence-electron chi connectivity index (χ1n) is 7.02. The Morgan fingerprint density at radius 1 is 1.18 bits per heavy atom. The van der Waals surface area contributed by atoms with Crippen molar-refractivity contribution >= 4 is 0 Å². The Labute approximate surface area is 107 Å². The van der Waals surface area contributed by atoms with Gasteiger partial charge in [0.05, 0.1) is 0 Å². The molecule has 0 aliphatic rings. The fourth-order valence-electron chi connectivity index (χ4n) is 2.34. The molecule has 0 aliphatic heterocycles. The lowest BCUT2D eigenvalue weighted by Crippen LogP contribution is -2.25. The molecule has 0 radical (unpaired) electrons. The maximum Gasteiger partial charge on any atom is -0.00173 e. The van der Waals surface area contributed by atoms with Crippen molar-refractivity contribution in [2.24, 2.45) is 5.92 Å². The predicted octanol–water partition coefficient (Wildman–Crippen LogP) is 3.95. The second-order valence-corrected chi connectivity index (χ2v) is 5.05. The van der Waals surface area contributed by atoms with Crippen LogP contribution < -0.4 is 5.32 Å². The SMILES string of the molecule is CCCNCC(CCC)Cc1cccc(C)c1. The van der Waals surface area contributed by atoms with Crippen molar-refractivity contribution in [3.8, 4) is 0 Å². The summed E-state index contributed by atoms with van der Waals surface area (Å²) in [5.41, 5.74) is 2.86. The standard InChI is InChI=1S/C16H27N/c1-4-7-16(13-17-10-5-2)12-15-9-6-8-14(3)11-15/h6,8-9,11,16-17H,4-5,7,10,12-13H2,1-3H3. The van der Waals surface area contributed by atoms with Crippen molar-refractivity contribution in [3.05, 3.63) is 35.4 Å². The quantitative estimate of drug-likeness (QED) is 0.670. The van der Waals surface area contributed by atoms with E-state index in [0.29, 0.717) is 0 Å². The lowest BCUT2D eigenvalue weighted by atomic mass is 9.94. The highest BCUT2D eigenvalue weighted by Crippen LogP contribution is 2.14. The summed E-state index contributed by atoms with van der Waals surface area (Å²) in [6, 6.07) is 8.93. The molecule has 0 fully saturated rings. The van der Waals surface area contributed by atoms with Crippen LogP contribution in [0.5, 0.6) is 0 Å². The van der Waals surface area contributed by atoms with E-state index in [9.17, 15) is 0 Å². The van der Waals surface area contributed by atoms with Gasteiger partial charge in [0.2, 0.25) is 0 Å². The first kappa shape index (κ1) is 14.2. The number of benzene rings is 1. The van der Waals surface area contributed by atoms with Crippen LogP contribution in [-0.2, 0) is 6.42 Å². The zero-order valence-electron chi connectivity index (χ0n) is 11.6. The molecule has 0 aliphatic carbocycles. The van der Waals surface area contributed by atoms with E-state index < -0.39 is 0 Å². The summed E-state index contributed by atoms with van der Waals surface area (Å²) >= 11 is 0. The molecule has 1 rings (SSSR count). The van der Waals surface area contributed by atoms with Crippen molar-refractivity contribution in [1.82, 2.24) is 5.32 Å². The van der Waals surface area contributed by atoms with Gasteiger partial charge < -0.3 is 5.32 Å². The molecule has 0 saturated heterocycles. The van der Waals surface area contributed by atoms with Gasteiger partial charge >= 0.3 is 0 Å². The first-order valence-corrected chi connectivity index (χ1v) is 7.02. The van der Waals surface area contributed by atoms with Crippen LogP contribution in [0.15, 0.2) is 24.3 Å². The molecular weight excluding hydrogens is 206 g/mol. The van der Waals surface area contributed by atoms with Crippen molar-refractivity contribution in [3.63, 3.8) is 0 Å². The van der Waals surface area contributed by atoms with Gasteiger partial charge in [-0.05, 0) is 50.8 Å². The maximum atomic E-state index is 3.55. The monoisotopic (exact) mass is 233 g/mol. The molecule has 1 nitrogen and oxygen atoms in total. The van der Waals surface area contributed by atoms with Crippen LogP contribution in [0.1, 0.15) is 44.2 Å². The van der Waals surface area contributed by atoms with Crippen LogP contribution in [0.3, 0.4) is 0 Å². The summed E-state index contributed by atoms with van der Waals surface area (Å²) in [5, 5.41) is 3.55. The third-order valence-electron chi connectivity index (χ3n) is 3.16. The lowest BCUT2D eigenvalue weighted by Gasteiger charge is -2.17. The van der Waals surface area contributed by atoms with Crippen LogP contribution in [-0.4, -0.2) is 13.1 Å². The van der Waals surface area contributed by atoms with E-state index >= 15 is 0 Å². The normalized spacial score (nSPS) is 12.6. The molecule has 1 heteroatoms. The van der Waals surface area contributed by atoms with Gasteiger partial charge in [0.15, 0.2) is 0 Å². The first-order chi connectivity index (χ1) is 8.26. The Morgan fingerprint density at radius 3 is 2.65 bits per heavy atom. The summed E-state index contributed by atoms with van der Waals surface area (Å²) in [4.78, 5) is 0. The Morgan fingerprint density at radius 2 is 2.00 bits per heavy atom. The van der Waals surface area contributed by atoms with Crippen molar-refractivity contribution < 1.29 is 0 Å². The average Bonchev–Trinajstić information content (AvgIpc) is 2.29. The molecule has 1 aromatic rings. The van der Waals surface area contributed by atoms with Crippen LogP contribution in [0, 0.1) is 12.8 Å². The van der Waals surface area contributed by atoms with E-state index in [1.165, 1.54) is 36.8 Å². The second kappa shape index (κ2) is 8.30. The van der Waals surface area contributed by atoms with Gasteiger partial charge in [-0.3, -0.25) is 0 Å². The van der Waals surface area contributed by atoms with E-state index in [1.54, 1.807) is 0 Å². The maximum absolute atomic E-state index is 3.55. The van der Waals surface area contributed by atoms with E-state index in [0.717, 1.165) is 19.0 Å². The zero-order valence-corrected chi connectivity index (χ0v) is 11.6. The largest absolute Gasteiger partial charge is 0.316 e. The van der Waals surface area contributed by atoms with E-state index in [4.69, 9.17) is 0 Å². The number of nitrogens with one attached hydrogen (secondary N) is 1. The van der Waals surface area contributed by atoms with Crippen LogP contribution in [0.4, 0.5) is 0 Å². The van der Waals surface area contributed by atoms with Crippen LogP contribution in [0.25, 0.3) is 0 Å². The molecule has 1 N–H and O–H groups in total. The summed E-state index contributed by atoms with van der Waals surface area (Å²) in [7, 11) is 0. The van der Waals surface area contributed by atoms with E-state index in [2.05, 4.69) is 50.4 Å². The van der Waals surface area contributed by atoms with E-state index in [-0.39, 0.29) is 0 Å². The molecular formula is C16H27N. The third kappa shape index (κ3) is 5.88.